The van der Waals surface area contributed by atoms with E-state index in [2.05, 4.69) is 10.6 Å². The Kier molecular flexibility index (Phi) is 7.74. The van der Waals surface area contributed by atoms with Crippen molar-refractivity contribution in [2.45, 2.75) is 53.4 Å². The normalized spacial score (nSPS) is 19.6. The van der Waals surface area contributed by atoms with E-state index in [4.69, 9.17) is 21.7 Å². The largest absolute Gasteiger partial charge is 0.512 e. The Morgan fingerprint density at radius 3 is 2.50 bits per heavy atom. The summed E-state index contributed by atoms with van der Waals surface area (Å²) >= 11 is 5.44. The summed E-state index contributed by atoms with van der Waals surface area (Å²) in [5.41, 5.74) is 2.08. The van der Waals surface area contributed by atoms with Gasteiger partial charge in [0.1, 0.15) is 16.9 Å². The summed E-state index contributed by atoms with van der Waals surface area (Å²) < 4.78 is 25.5. The Hall–Kier alpha value is -2.29. The van der Waals surface area contributed by atoms with Gasteiger partial charge in [0.15, 0.2) is 5.79 Å². The number of nitrogens with one attached hydrogen (secondary N) is 2. The number of carbonyl (C=O) groups is 1. The van der Waals surface area contributed by atoms with E-state index in [0.29, 0.717) is 17.8 Å². The van der Waals surface area contributed by atoms with E-state index in [1.807, 2.05) is 0 Å². The van der Waals surface area contributed by atoms with Crippen LogP contribution >= 0.6 is 12.2 Å². The molecule has 1 amide bonds. The minimum absolute atomic E-state index is 0.0530. The highest BCUT2D eigenvalue weighted by molar-refractivity contribution is 7.81. The van der Waals surface area contributed by atoms with Crippen LogP contribution in [0, 0.1) is 12.7 Å². The molecular formula is C22H29FN2O4S. The molecule has 0 saturated carbocycles. The Morgan fingerprint density at radius 1 is 1.30 bits per heavy atom. The first-order chi connectivity index (χ1) is 13.9. The molecule has 0 radical (unpaired) electrons. The zero-order valence-corrected chi connectivity index (χ0v) is 19.0. The van der Waals surface area contributed by atoms with Crippen LogP contribution in [0.4, 0.5) is 10.1 Å². The monoisotopic (exact) mass is 436 g/mol. The number of carbonyl (C=O) groups excluding carboxylic acids is 1. The van der Waals surface area contributed by atoms with E-state index in [0.717, 1.165) is 5.56 Å². The highest BCUT2D eigenvalue weighted by atomic mass is 32.1. The molecular weight excluding hydrogens is 407 g/mol. The topological polar surface area (TPSA) is 79.8 Å². The molecule has 1 fully saturated rings. The molecule has 0 spiro atoms. The third-order valence-corrected chi connectivity index (χ3v) is 5.17. The van der Waals surface area contributed by atoms with Crippen LogP contribution in [0.3, 0.4) is 0 Å². The number of allylic oxidation sites excluding steroid dienone is 3. The standard InChI is InChI=1S/C22H29FN2O4S/c1-12-7-8-18(17(23)9-12)25-21(30)19(14(3)13(2)15(4)26)20(27)24-10-16-11-28-22(5,6)29-16/h7-9,16,26H,10-11H2,1-6H3,(H,24,27)(H,25,30)/t16-/m0/s1. The Labute approximate surface area is 182 Å². The lowest BCUT2D eigenvalue weighted by Crippen LogP contribution is -2.38. The van der Waals surface area contributed by atoms with Crippen LogP contribution in [0.2, 0.25) is 0 Å². The van der Waals surface area contributed by atoms with Gasteiger partial charge in [-0.15, -0.1) is 0 Å². The second-order valence-corrected chi connectivity index (χ2v) is 8.22. The van der Waals surface area contributed by atoms with Crippen molar-refractivity contribution in [1.29, 1.82) is 0 Å². The molecule has 1 atom stereocenters. The molecule has 1 aliphatic rings. The summed E-state index contributed by atoms with van der Waals surface area (Å²) in [4.78, 5) is 13.1. The molecule has 1 heterocycles. The molecule has 6 nitrogen and oxygen atoms in total. The van der Waals surface area contributed by atoms with Crippen molar-refractivity contribution in [3.63, 3.8) is 0 Å². The van der Waals surface area contributed by atoms with Crippen LogP contribution in [0.25, 0.3) is 0 Å². The van der Waals surface area contributed by atoms with Crippen LogP contribution < -0.4 is 10.6 Å². The van der Waals surface area contributed by atoms with Crippen molar-refractivity contribution in [2.75, 3.05) is 18.5 Å². The number of halogens is 1. The van der Waals surface area contributed by atoms with Gasteiger partial charge >= 0.3 is 0 Å². The van der Waals surface area contributed by atoms with Gasteiger partial charge in [0.25, 0.3) is 5.91 Å². The van der Waals surface area contributed by atoms with Gasteiger partial charge < -0.3 is 25.2 Å². The second-order valence-electron chi connectivity index (χ2n) is 7.81. The summed E-state index contributed by atoms with van der Waals surface area (Å²) in [7, 11) is 0. The van der Waals surface area contributed by atoms with Crippen LogP contribution in [0.1, 0.15) is 40.2 Å². The van der Waals surface area contributed by atoms with Gasteiger partial charge in [-0.2, -0.15) is 0 Å². The SMILES string of the molecule is CC(O)=C(C)C(C)=C(C(=O)NC[C@H]1COC(C)(C)O1)C(=S)Nc1ccc(C)cc1F. The number of aliphatic hydroxyl groups is 1. The number of thiocarbonyl (C=S) groups is 1. The van der Waals surface area contributed by atoms with Crippen LogP contribution in [0.15, 0.2) is 40.7 Å². The molecule has 8 heteroatoms. The molecule has 1 aromatic carbocycles. The Bertz CT molecular complexity index is 904. The minimum atomic E-state index is -0.697. The first-order valence-corrected chi connectivity index (χ1v) is 10.1. The fourth-order valence-corrected chi connectivity index (χ4v) is 3.32. The molecule has 164 valence electrons. The van der Waals surface area contributed by atoms with Crippen molar-refractivity contribution < 1.29 is 23.8 Å². The highest BCUT2D eigenvalue weighted by Gasteiger charge is 2.33. The summed E-state index contributed by atoms with van der Waals surface area (Å²) in [6, 6.07) is 4.68. The highest BCUT2D eigenvalue weighted by Crippen LogP contribution is 2.23. The quantitative estimate of drug-likeness (QED) is 0.267. The Balaban J connectivity index is 2.26. The van der Waals surface area contributed by atoms with Gasteiger partial charge in [-0.1, -0.05) is 18.3 Å². The molecule has 3 N–H and O–H groups in total. The number of hydrogen-bond acceptors (Lipinski definition) is 5. The fraction of sp³-hybridized carbons (Fsp3) is 0.455. The third-order valence-electron chi connectivity index (χ3n) is 4.86. The maximum atomic E-state index is 14.3. The molecule has 0 bridgehead atoms. The van der Waals surface area contributed by atoms with Crippen molar-refractivity contribution in [3.8, 4) is 0 Å². The number of aliphatic hydroxyl groups excluding tert-OH is 1. The van der Waals surface area contributed by atoms with Gasteiger partial charge in [0.05, 0.1) is 23.6 Å². The summed E-state index contributed by atoms with van der Waals surface area (Å²) in [5.74, 6) is -1.56. The maximum Gasteiger partial charge on any atom is 0.254 e. The van der Waals surface area contributed by atoms with Gasteiger partial charge in [0, 0.05) is 6.54 Å². The predicted molar refractivity (Wildman–Crippen MR) is 119 cm³/mol. The zero-order valence-electron chi connectivity index (χ0n) is 18.2. The average Bonchev–Trinajstić information content (AvgIpc) is 3.00. The number of anilines is 1. The lowest BCUT2D eigenvalue weighted by Gasteiger charge is -2.19. The van der Waals surface area contributed by atoms with Gasteiger partial charge in [0.2, 0.25) is 0 Å². The van der Waals surface area contributed by atoms with Gasteiger partial charge in [-0.3, -0.25) is 4.79 Å². The molecule has 1 aliphatic heterocycles. The molecule has 30 heavy (non-hydrogen) atoms. The molecule has 0 aliphatic carbocycles. The number of hydrogen-bond donors (Lipinski definition) is 3. The van der Waals surface area contributed by atoms with E-state index < -0.39 is 17.5 Å². The van der Waals surface area contributed by atoms with Crippen LogP contribution in [-0.4, -0.2) is 41.0 Å². The summed E-state index contributed by atoms with van der Waals surface area (Å²) in [5, 5.41) is 15.5. The number of aryl methyl sites for hydroxylation is 1. The predicted octanol–water partition coefficient (Wildman–Crippen LogP) is 4.31. The fourth-order valence-electron chi connectivity index (χ4n) is 2.97. The van der Waals surface area contributed by atoms with E-state index >= 15 is 0 Å². The first-order valence-electron chi connectivity index (χ1n) is 9.66. The molecule has 1 saturated heterocycles. The molecule has 1 aromatic rings. The maximum absolute atomic E-state index is 14.3. The third kappa shape index (κ3) is 6.10. The van der Waals surface area contributed by atoms with Crippen LogP contribution in [0.5, 0.6) is 0 Å². The average molecular weight is 437 g/mol. The first kappa shape index (κ1) is 24.0. The van der Waals surface area contributed by atoms with Crippen LogP contribution in [-0.2, 0) is 14.3 Å². The molecule has 0 unspecified atom stereocenters. The molecule has 0 aromatic heterocycles. The number of ether oxygens (including phenoxy) is 2. The second kappa shape index (κ2) is 9.68. The smallest absolute Gasteiger partial charge is 0.254 e. The van der Waals surface area contributed by atoms with Crippen molar-refractivity contribution in [1.82, 2.24) is 5.32 Å². The van der Waals surface area contributed by atoms with E-state index in [1.165, 1.54) is 13.0 Å². The zero-order chi connectivity index (χ0) is 22.6. The lowest BCUT2D eigenvalue weighted by atomic mass is 10.0. The Morgan fingerprint density at radius 2 is 1.97 bits per heavy atom. The lowest BCUT2D eigenvalue weighted by molar-refractivity contribution is -0.139. The number of benzene rings is 1. The van der Waals surface area contributed by atoms with E-state index in [-0.39, 0.29) is 34.7 Å². The van der Waals surface area contributed by atoms with Gasteiger partial charge in [-0.25, -0.2) is 4.39 Å². The summed E-state index contributed by atoms with van der Waals surface area (Å²) in [6.45, 7) is 10.9. The van der Waals surface area contributed by atoms with Crippen molar-refractivity contribution in [2.24, 2.45) is 0 Å². The van der Waals surface area contributed by atoms with Crippen molar-refractivity contribution >= 4 is 28.8 Å². The van der Waals surface area contributed by atoms with E-state index in [9.17, 15) is 14.3 Å². The molecule has 2 rings (SSSR count). The van der Waals surface area contributed by atoms with Gasteiger partial charge in [-0.05, 0) is 70.4 Å². The minimum Gasteiger partial charge on any atom is -0.512 e. The van der Waals surface area contributed by atoms with Crippen molar-refractivity contribution in [3.05, 3.63) is 52.1 Å². The summed E-state index contributed by atoms with van der Waals surface area (Å²) in [6.07, 6.45) is -0.294. The number of rotatable bonds is 6. The number of amides is 1. The van der Waals surface area contributed by atoms with E-state index in [1.54, 1.807) is 46.8 Å².